The van der Waals surface area contributed by atoms with Gasteiger partial charge in [0.25, 0.3) is 10.0 Å². The van der Waals surface area contributed by atoms with E-state index in [1.54, 1.807) is 11.6 Å². The van der Waals surface area contributed by atoms with E-state index in [1.807, 2.05) is 7.05 Å². The summed E-state index contributed by atoms with van der Waals surface area (Å²) in [7, 11) is -1.68. The first kappa shape index (κ1) is 13.3. The van der Waals surface area contributed by atoms with Crippen molar-refractivity contribution in [1.29, 1.82) is 0 Å². The van der Waals surface area contributed by atoms with E-state index in [0.717, 1.165) is 13.0 Å². The number of nitrogens with one attached hydrogen (secondary N) is 1. The molecule has 2 aromatic heterocycles. The summed E-state index contributed by atoms with van der Waals surface area (Å²) >= 11 is 7.30. The minimum atomic E-state index is -3.65. The second-order valence-electron chi connectivity index (χ2n) is 4.63. The first-order chi connectivity index (χ1) is 8.97. The fraction of sp³-hybridized carbons (Fsp3) is 0.500. The van der Waals surface area contributed by atoms with Crippen molar-refractivity contribution in [3.05, 3.63) is 16.7 Å². The van der Waals surface area contributed by atoms with Crippen LogP contribution in [-0.4, -0.2) is 48.9 Å². The van der Waals surface area contributed by atoms with Gasteiger partial charge in [-0.1, -0.05) is 11.6 Å². The van der Waals surface area contributed by atoms with Crippen LogP contribution in [0.4, 0.5) is 0 Å². The molecule has 2 aromatic rings. The van der Waals surface area contributed by atoms with Gasteiger partial charge in [-0.15, -0.1) is 11.3 Å². The Labute approximate surface area is 120 Å². The van der Waals surface area contributed by atoms with Gasteiger partial charge in [0, 0.05) is 24.2 Å². The minimum Gasteiger partial charge on any atom is -0.305 e. The molecule has 1 N–H and O–H groups in total. The summed E-state index contributed by atoms with van der Waals surface area (Å²) in [6, 6.07) is -0.0738. The Balaban J connectivity index is 1.95. The molecule has 3 rings (SSSR count). The third-order valence-electron chi connectivity index (χ3n) is 3.15. The molecule has 1 atom stereocenters. The number of hydrogen-bond donors (Lipinski definition) is 1. The number of hydrogen-bond acceptors (Lipinski definition) is 5. The number of rotatable bonds is 3. The molecule has 3 heterocycles. The summed E-state index contributed by atoms with van der Waals surface area (Å²) in [5, 5.41) is 1.83. The highest BCUT2D eigenvalue weighted by molar-refractivity contribution is 7.89. The highest BCUT2D eigenvalue weighted by Gasteiger charge is 2.30. The number of likely N-dealkylation sites (N-methyl/N-ethyl adjacent to an activating group) is 1. The molecule has 0 aromatic carbocycles. The molecule has 0 spiro atoms. The fourth-order valence-corrected chi connectivity index (χ4v) is 5.00. The van der Waals surface area contributed by atoms with Crippen LogP contribution in [0.1, 0.15) is 6.42 Å². The first-order valence-corrected chi connectivity index (χ1v) is 8.53. The van der Waals surface area contributed by atoms with E-state index >= 15 is 0 Å². The maximum atomic E-state index is 12.4. The van der Waals surface area contributed by atoms with E-state index in [4.69, 9.17) is 11.6 Å². The highest BCUT2D eigenvalue weighted by Crippen LogP contribution is 2.25. The normalized spacial score (nSPS) is 21.5. The summed E-state index contributed by atoms with van der Waals surface area (Å²) < 4.78 is 29.0. The van der Waals surface area contributed by atoms with E-state index in [1.165, 1.54) is 15.7 Å². The Hall–Kier alpha value is -0.670. The molecule has 0 aliphatic carbocycles. The summed E-state index contributed by atoms with van der Waals surface area (Å²) in [4.78, 5) is 6.71. The highest BCUT2D eigenvalue weighted by atomic mass is 35.5. The second kappa shape index (κ2) is 4.71. The van der Waals surface area contributed by atoms with Crippen LogP contribution in [0.3, 0.4) is 0 Å². The molecule has 1 aliphatic rings. The lowest BCUT2D eigenvalue weighted by molar-refractivity contribution is 0.407. The SMILES string of the molecule is CN1CCC(NS(=O)(=O)c2c(Cl)nc3sccn23)C1. The lowest BCUT2D eigenvalue weighted by atomic mass is 10.3. The molecule has 1 aliphatic heterocycles. The van der Waals surface area contributed by atoms with Crippen molar-refractivity contribution in [3.8, 4) is 0 Å². The third-order valence-corrected chi connectivity index (χ3v) is 5.82. The molecule has 1 saturated heterocycles. The number of halogens is 1. The summed E-state index contributed by atoms with van der Waals surface area (Å²) in [5.74, 6) is 0. The minimum absolute atomic E-state index is 0.0192. The largest absolute Gasteiger partial charge is 0.305 e. The van der Waals surface area contributed by atoms with E-state index in [2.05, 4.69) is 14.6 Å². The summed E-state index contributed by atoms with van der Waals surface area (Å²) in [6.07, 6.45) is 2.47. The number of fused-ring (bicyclic) bond motifs is 1. The first-order valence-electron chi connectivity index (χ1n) is 5.79. The second-order valence-corrected chi connectivity index (χ2v) is 7.49. The lowest BCUT2D eigenvalue weighted by Crippen LogP contribution is -2.37. The van der Waals surface area contributed by atoms with Crippen LogP contribution in [0, 0.1) is 0 Å². The van der Waals surface area contributed by atoms with Crippen molar-refractivity contribution in [2.45, 2.75) is 17.5 Å². The Morgan fingerprint density at radius 1 is 1.58 bits per heavy atom. The Bertz CT molecular complexity index is 708. The predicted octanol–water partition coefficient (Wildman–Crippen LogP) is 1.03. The number of likely N-dealkylation sites (tertiary alicyclic amines) is 1. The van der Waals surface area contributed by atoms with Gasteiger partial charge in [-0.2, -0.15) is 0 Å². The topological polar surface area (TPSA) is 66.7 Å². The molecular weight excluding hydrogens is 308 g/mol. The molecule has 104 valence electrons. The zero-order valence-electron chi connectivity index (χ0n) is 10.2. The van der Waals surface area contributed by atoms with Crippen LogP contribution in [0.15, 0.2) is 16.6 Å². The van der Waals surface area contributed by atoms with E-state index in [0.29, 0.717) is 11.5 Å². The maximum Gasteiger partial charge on any atom is 0.260 e. The van der Waals surface area contributed by atoms with Crippen molar-refractivity contribution in [2.24, 2.45) is 0 Å². The molecule has 6 nitrogen and oxygen atoms in total. The van der Waals surface area contributed by atoms with Gasteiger partial charge in [-0.05, 0) is 20.0 Å². The van der Waals surface area contributed by atoms with Gasteiger partial charge in [0.05, 0.1) is 0 Å². The van der Waals surface area contributed by atoms with Gasteiger partial charge in [-0.3, -0.25) is 4.40 Å². The van der Waals surface area contributed by atoms with Gasteiger partial charge in [0.1, 0.15) is 0 Å². The number of thiazole rings is 1. The smallest absolute Gasteiger partial charge is 0.260 e. The molecule has 0 radical (unpaired) electrons. The van der Waals surface area contributed by atoms with Gasteiger partial charge in [0.15, 0.2) is 15.1 Å². The molecule has 0 bridgehead atoms. The fourth-order valence-electron chi connectivity index (χ4n) is 2.29. The zero-order chi connectivity index (χ0) is 13.6. The number of sulfonamides is 1. The average Bonchev–Trinajstić information content (AvgIpc) is 2.93. The zero-order valence-corrected chi connectivity index (χ0v) is 12.6. The Morgan fingerprint density at radius 3 is 3.05 bits per heavy atom. The van der Waals surface area contributed by atoms with Crippen molar-refractivity contribution in [2.75, 3.05) is 20.1 Å². The van der Waals surface area contributed by atoms with E-state index in [9.17, 15) is 8.42 Å². The van der Waals surface area contributed by atoms with Crippen LogP contribution in [0.5, 0.6) is 0 Å². The van der Waals surface area contributed by atoms with Crippen molar-refractivity contribution < 1.29 is 8.42 Å². The molecule has 19 heavy (non-hydrogen) atoms. The van der Waals surface area contributed by atoms with E-state index in [-0.39, 0.29) is 16.2 Å². The molecular formula is C10H13ClN4O2S2. The van der Waals surface area contributed by atoms with Crippen molar-refractivity contribution in [3.63, 3.8) is 0 Å². The van der Waals surface area contributed by atoms with Crippen LogP contribution in [0.2, 0.25) is 5.15 Å². The van der Waals surface area contributed by atoms with Gasteiger partial charge in [-0.25, -0.2) is 18.1 Å². The summed E-state index contributed by atoms with van der Waals surface area (Å²) in [6.45, 7) is 1.60. The predicted molar refractivity (Wildman–Crippen MR) is 74.3 cm³/mol. The lowest BCUT2D eigenvalue weighted by Gasteiger charge is -2.12. The summed E-state index contributed by atoms with van der Waals surface area (Å²) in [5.41, 5.74) is 0. The van der Waals surface area contributed by atoms with Gasteiger partial charge in [0.2, 0.25) is 0 Å². The maximum absolute atomic E-state index is 12.4. The third kappa shape index (κ3) is 2.38. The van der Waals surface area contributed by atoms with Crippen LogP contribution < -0.4 is 4.72 Å². The number of nitrogens with zero attached hydrogens (tertiary/aromatic N) is 3. The Morgan fingerprint density at radius 2 is 2.37 bits per heavy atom. The standard InChI is InChI=1S/C10H13ClN4O2S2/c1-14-3-2-7(6-14)13-19(16,17)9-8(11)12-10-15(9)4-5-18-10/h4-5,7,13H,2-3,6H2,1H3. The number of imidazole rings is 1. The van der Waals surface area contributed by atoms with Gasteiger partial charge < -0.3 is 4.90 Å². The number of aromatic nitrogens is 2. The molecule has 9 heteroatoms. The molecule has 1 fully saturated rings. The van der Waals surface area contributed by atoms with Crippen molar-refractivity contribution >= 4 is 37.9 Å². The Kier molecular flexibility index (Phi) is 3.30. The quantitative estimate of drug-likeness (QED) is 0.917. The van der Waals surface area contributed by atoms with Gasteiger partial charge >= 0.3 is 0 Å². The van der Waals surface area contributed by atoms with E-state index < -0.39 is 10.0 Å². The molecule has 1 unspecified atom stereocenters. The van der Waals surface area contributed by atoms with Crippen LogP contribution in [0.25, 0.3) is 4.96 Å². The van der Waals surface area contributed by atoms with Crippen molar-refractivity contribution in [1.82, 2.24) is 19.0 Å². The monoisotopic (exact) mass is 320 g/mol. The van der Waals surface area contributed by atoms with Crippen LogP contribution >= 0.6 is 22.9 Å². The average molecular weight is 321 g/mol. The molecule has 0 saturated carbocycles. The van der Waals surface area contributed by atoms with Crippen LogP contribution in [-0.2, 0) is 10.0 Å². The molecule has 0 amide bonds.